The Morgan fingerprint density at radius 3 is 2.65 bits per heavy atom. The van der Waals surface area contributed by atoms with Crippen LogP contribution < -0.4 is 10.5 Å². The molecule has 0 aliphatic rings. The molecular formula is C10H10F3N3O. The molecule has 0 amide bonds. The van der Waals surface area contributed by atoms with Crippen LogP contribution in [0.25, 0.3) is 0 Å². The van der Waals surface area contributed by atoms with Crippen LogP contribution in [0.3, 0.4) is 0 Å². The second-order valence-corrected chi connectivity index (χ2v) is 3.26. The Hall–Kier alpha value is -1.81. The van der Waals surface area contributed by atoms with Gasteiger partial charge >= 0.3 is 6.36 Å². The molecule has 1 heterocycles. The second-order valence-electron chi connectivity index (χ2n) is 3.26. The van der Waals surface area contributed by atoms with Crippen LogP contribution in [0.2, 0.25) is 0 Å². The van der Waals surface area contributed by atoms with E-state index in [1.54, 1.807) is 0 Å². The standard InChI is InChI=1S/C10H10F3N3O/c1-6-9(17-10(11,12)13)4-7(2-3-14)8(5-15)16-6/h4H,2,5,15H2,1H3. The second kappa shape index (κ2) is 5.01. The fraction of sp³-hybridized carbons (Fsp3) is 0.400. The number of nitrogens with two attached hydrogens (primary N) is 1. The van der Waals surface area contributed by atoms with Crippen molar-refractivity contribution >= 4 is 0 Å². The molecule has 1 aromatic rings. The predicted octanol–water partition coefficient (Wildman–Crippen LogP) is 1.81. The van der Waals surface area contributed by atoms with Crippen molar-refractivity contribution in [2.45, 2.75) is 26.3 Å². The molecule has 17 heavy (non-hydrogen) atoms. The number of hydrogen-bond donors (Lipinski definition) is 1. The van der Waals surface area contributed by atoms with Gasteiger partial charge in [-0.15, -0.1) is 13.2 Å². The van der Waals surface area contributed by atoms with Crippen molar-refractivity contribution in [1.82, 2.24) is 4.98 Å². The Morgan fingerprint density at radius 2 is 2.18 bits per heavy atom. The first kappa shape index (κ1) is 13.3. The van der Waals surface area contributed by atoms with Gasteiger partial charge in [0.05, 0.1) is 23.9 Å². The van der Waals surface area contributed by atoms with Crippen LogP contribution in [-0.4, -0.2) is 11.3 Å². The zero-order valence-electron chi connectivity index (χ0n) is 9.01. The van der Waals surface area contributed by atoms with Crippen LogP contribution in [0.1, 0.15) is 17.0 Å². The van der Waals surface area contributed by atoms with Crippen LogP contribution in [0, 0.1) is 18.3 Å². The molecule has 0 bridgehead atoms. The number of pyridine rings is 1. The largest absolute Gasteiger partial charge is 0.573 e. The van der Waals surface area contributed by atoms with Gasteiger partial charge in [0, 0.05) is 6.54 Å². The summed E-state index contributed by atoms with van der Waals surface area (Å²) in [6.45, 7) is 1.44. The van der Waals surface area contributed by atoms with E-state index in [0.717, 1.165) is 6.07 Å². The number of nitrogens with zero attached hydrogens (tertiary/aromatic N) is 2. The number of halogens is 3. The lowest BCUT2D eigenvalue weighted by atomic mass is 10.1. The number of aryl methyl sites for hydroxylation is 1. The maximum absolute atomic E-state index is 12.1. The van der Waals surface area contributed by atoms with Crippen molar-refractivity contribution < 1.29 is 17.9 Å². The highest BCUT2D eigenvalue weighted by molar-refractivity contribution is 5.36. The summed E-state index contributed by atoms with van der Waals surface area (Å²) >= 11 is 0. The van der Waals surface area contributed by atoms with Crippen molar-refractivity contribution in [1.29, 1.82) is 5.26 Å². The molecule has 7 heteroatoms. The summed E-state index contributed by atoms with van der Waals surface area (Å²) in [6.07, 6.45) is -4.84. The van der Waals surface area contributed by atoms with Crippen LogP contribution in [0.15, 0.2) is 6.07 Å². The van der Waals surface area contributed by atoms with Crippen molar-refractivity contribution in [2.24, 2.45) is 5.73 Å². The van der Waals surface area contributed by atoms with Crippen LogP contribution in [-0.2, 0) is 13.0 Å². The maximum Gasteiger partial charge on any atom is 0.573 e. The molecule has 2 N–H and O–H groups in total. The lowest BCUT2D eigenvalue weighted by molar-refractivity contribution is -0.275. The van der Waals surface area contributed by atoms with Gasteiger partial charge in [0.15, 0.2) is 5.75 Å². The summed E-state index contributed by atoms with van der Waals surface area (Å²) in [5.41, 5.74) is 6.23. The molecule has 0 aliphatic heterocycles. The van der Waals surface area contributed by atoms with Gasteiger partial charge in [0.25, 0.3) is 0 Å². The summed E-state index contributed by atoms with van der Waals surface area (Å²) in [6, 6.07) is 2.99. The number of nitriles is 1. The zero-order chi connectivity index (χ0) is 13.1. The maximum atomic E-state index is 12.1. The Labute approximate surface area is 95.8 Å². The van der Waals surface area contributed by atoms with E-state index >= 15 is 0 Å². The van der Waals surface area contributed by atoms with E-state index in [2.05, 4.69) is 9.72 Å². The van der Waals surface area contributed by atoms with Crippen molar-refractivity contribution in [3.63, 3.8) is 0 Å². The number of ether oxygens (including phenoxy) is 1. The minimum absolute atomic E-state index is 0.0597. The summed E-state index contributed by atoms with van der Waals surface area (Å²) < 4.78 is 40.1. The lowest BCUT2D eigenvalue weighted by Gasteiger charge is -2.13. The van der Waals surface area contributed by atoms with Gasteiger partial charge in [-0.25, -0.2) is 0 Å². The van der Waals surface area contributed by atoms with Gasteiger partial charge in [-0.1, -0.05) is 0 Å². The van der Waals surface area contributed by atoms with Gasteiger partial charge in [-0.3, -0.25) is 4.98 Å². The van der Waals surface area contributed by atoms with E-state index in [0.29, 0.717) is 11.3 Å². The molecular weight excluding hydrogens is 235 g/mol. The molecule has 1 rings (SSSR count). The molecule has 0 fully saturated rings. The third-order valence-electron chi connectivity index (χ3n) is 2.02. The van der Waals surface area contributed by atoms with E-state index in [4.69, 9.17) is 11.0 Å². The third kappa shape index (κ3) is 3.60. The Kier molecular flexibility index (Phi) is 3.91. The average molecular weight is 245 g/mol. The molecule has 4 nitrogen and oxygen atoms in total. The lowest BCUT2D eigenvalue weighted by Crippen LogP contribution is -2.19. The number of hydrogen-bond acceptors (Lipinski definition) is 4. The Bertz CT molecular complexity index is 451. The van der Waals surface area contributed by atoms with Crippen LogP contribution >= 0.6 is 0 Å². The molecule has 0 spiro atoms. The molecule has 1 aromatic heterocycles. The zero-order valence-corrected chi connectivity index (χ0v) is 9.01. The summed E-state index contributed by atoms with van der Waals surface area (Å²) in [4.78, 5) is 3.89. The topological polar surface area (TPSA) is 71.9 Å². The summed E-state index contributed by atoms with van der Waals surface area (Å²) in [5, 5.41) is 8.55. The monoisotopic (exact) mass is 245 g/mol. The first-order chi connectivity index (χ1) is 7.87. The van der Waals surface area contributed by atoms with E-state index in [-0.39, 0.29) is 18.7 Å². The van der Waals surface area contributed by atoms with E-state index in [1.807, 2.05) is 6.07 Å². The highest BCUT2D eigenvalue weighted by Gasteiger charge is 2.32. The normalized spacial score (nSPS) is 11.1. The van der Waals surface area contributed by atoms with Crippen LogP contribution in [0.5, 0.6) is 5.75 Å². The van der Waals surface area contributed by atoms with Gasteiger partial charge in [0.1, 0.15) is 0 Å². The number of alkyl halides is 3. The number of rotatable bonds is 3. The van der Waals surface area contributed by atoms with Gasteiger partial charge in [-0.2, -0.15) is 5.26 Å². The average Bonchev–Trinajstić information content (AvgIpc) is 2.21. The molecule has 0 radical (unpaired) electrons. The van der Waals surface area contributed by atoms with Crippen molar-refractivity contribution in [3.05, 3.63) is 23.0 Å². The first-order valence-corrected chi connectivity index (χ1v) is 4.69. The molecule has 0 saturated carbocycles. The minimum atomic E-state index is -4.78. The quantitative estimate of drug-likeness (QED) is 0.881. The molecule has 92 valence electrons. The van der Waals surface area contributed by atoms with E-state index < -0.39 is 12.1 Å². The van der Waals surface area contributed by atoms with Crippen LogP contribution in [0.4, 0.5) is 13.2 Å². The van der Waals surface area contributed by atoms with Crippen molar-refractivity contribution in [2.75, 3.05) is 0 Å². The van der Waals surface area contributed by atoms with Gasteiger partial charge in [-0.05, 0) is 18.6 Å². The molecule has 0 saturated heterocycles. The minimum Gasteiger partial charge on any atom is -0.404 e. The Balaban J connectivity index is 3.16. The van der Waals surface area contributed by atoms with E-state index in [1.165, 1.54) is 6.92 Å². The molecule has 0 aliphatic carbocycles. The summed E-state index contributed by atoms with van der Waals surface area (Å²) in [7, 11) is 0. The fourth-order valence-electron chi connectivity index (χ4n) is 1.32. The SMILES string of the molecule is Cc1nc(CN)c(CC#N)cc1OC(F)(F)F. The number of aromatic nitrogens is 1. The first-order valence-electron chi connectivity index (χ1n) is 4.69. The van der Waals surface area contributed by atoms with Crippen molar-refractivity contribution in [3.8, 4) is 11.8 Å². The highest BCUT2D eigenvalue weighted by Crippen LogP contribution is 2.27. The van der Waals surface area contributed by atoms with Gasteiger partial charge in [0.2, 0.25) is 0 Å². The molecule has 0 unspecified atom stereocenters. The predicted molar refractivity (Wildman–Crippen MR) is 52.9 cm³/mol. The summed E-state index contributed by atoms with van der Waals surface area (Å²) in [5.74, 6) is -0.403. The highest BCUT2D eigenvalue weighted by atomic mass is 19.4. The Morgan fingerprint density at radius 1 is 1.53 bits per heavy atom. The molecule has 0 atom stereocenters. The molecule has 0 aromatic carbocycles. The smallest absolute Gasteiger partial charge is 0.404 e. The third-order valence-corrected chi connectivity index (χ3v) is 2.02. The van der Waals surface area contributed by atoms with E-state index in [9.17, 15) is 13.2 Å². The fourth-order valence-corrected chi connectivity index (χ4v) is 1.32. The van der Waals surface area contributed by atoms with Gasteiger partial charge < -0.3 is 10.5 Å².